The summed E-state index contributed by atoms with van der Waals surface area (Å²) in [5.41, 5.74) is 2.17. The van der Waals surface area contributed by atoms with Crippen LogP contribution >= 0.6 is 12.6 Å². The summed E-state index contributed by atoms with van der Waals surface area (Å²) in [7, 11) is 0. The number of carbonyl (C=O) groups is 1. The Balaban J connectivity index is 2.57. The van der Waals surface area contributed by atoms with Crippen LogP contribution in [0, 0.1) is 11.8 Å². The van der Waals surface area contributed by atoms with Crippen molar-refractivity contribution >= 4 is 18.6 Å². The monoisotopic (exact) mass is 508 g/mol. The lowest BCUT2D eigenvalue weighted by molar-refractivity contribution is -0.139. The molecule has 0 saturated carbocycles. The quantitative estimate of drug-likeness (QED) is 0.141. The number of carboxylic acids is 1. The zero-order chi connectivity index (χ0) is 26.5. The predicted molar refractivity (Wildman–Crippen MR) is 144 cm³/mol. The maximum atomic E-state index is 10.7. The highest BCUT2D eigenvalue weighted by Crippen LogP contribution is 2.28. The van der Waals surface area contributed by atoms with Crippen LogP contribution in [0.1, 0.15) is 60.3 Å². The SMILES string of the molecule is C/C=C/[C@@H]1O[C@@H]([C@H](O)/C=C/C=C(\C)C[C@@H](C)/C=C(C)\C=C\[C@H](O)C[C@H](S)CC(=O)O)C[C@@H](O)[C@@H]1C. The predicted octanol–water partition coefficient (Wildman–Crippen LogP) is 4.63. The maximum absolute atomic E-state index is 10.7. The Bertz CT molecular complexity index is 799. The molecule has 1 fully saturated rings. The first-order valence-electron chi connectivity index (χ1n) is 12.4. The van der Waals surface area contributed by atoms with Gasteiger partial charge in [-0.15, -0.1) is 0 Å². The Labute approximate surface area is 216 Å². The van der Waals surface area contributed by atoms with Crippen LogP contribution in [0.3, 0.4) is 0 Å². The van der Waals surface area contributed by atoms with E-state index in [0.717, 1.165) is 17.6 Å². The molecular formula is C28H44O6S. The molecule has 198 valence electrons. The normalized spacial score (nSPS) is 28.0. The summed E-state index contributed by atoms with van der Waals surface area (Å²) in [4.78, 5) is 10.7. The third-order valence-electron chi connectivity index (χ3n) is 6.08. The Morgan fingerprint density at radius 3 is 2.51 bits per heavy atom. The minimum atomic E-state index is -0.923. The van der Waals surface area contributed by atoms with Crippen molar-refractivity contribution in [2.75, 3.05) is 0 Å². The van der Waals surface area contributed by atoms with E-state index in [2.05, 4.69) is 25.6 Å². The molecule has 0 unspecified atom stereocenters. The molecule has 1 aliphatic rings. The van der Waals surface area contributed by atoms with Gasteiger partial charge in [0, 0.05) is 17.6 Å². The summed E-state index contributed by atoms with van der Waals surface area (Å²) in [6, 6.07) is 0. The summed E-state index contributed by atoms with van der Waals surface area (Å²) < 4.78 is 5.98. The number of hydrogen-bond acceptors (Lipinski definition) is 6. The molecule has 0 spiro atoms. The highest BCUT2D eigenvalue weighted by Gasteiger charge is 2.35. The first-order valence-corrected chi connectivity index (χ1v) is 12.9. The lowest BCUT2D eigenvalue weighted by Crippen LogP contribution is -2.46. The molecule has 1 rings (SSSR count). The summed E-state index contributed by atoms with van der Waals surface area (Å²) in [5, 5.41) is 39.3. The Morgan fingerprint density at radius 1 is 1.20 bits per heavy atom. The lowest BCUT2D eigenvalue weighted by Gasteiger charge is -2.38. The van der Waals surface area contributed by atoms with Crippen LogP contribution in [0.25, 0.3) is 0 Å². The minimum absolute atomic E-state index is 0.00582. The van der Waals surface area contributed by atoms with Crippen molar-refractivity contribution in [1.29, 1.82) is 0 Å². The van der Waals surface area contributed by atoms with Gasteiger partial charge in [-0.05, 0) is 39.5 Å². The molecule has 1 saturated heterocycles. The molecule has 6 nitrogen and oxygen atoms in total. The zero-order valence-electron chi connectivity index (χ0n) is 21.6. The zero-order valence-corrected chi connectivity index (χ0v) is 22.5. The van der Waals surface area contributed by atoms with E-state index < -0.39 is 30.4 Å². The van der Waals surface area contributed by atoms with Gasteiger partial charge in [0.1, 0.15) is 0 Å². The van der Waals surface area contributed by atoms with Crippen LogP contribution in [0.2, 0.25) is 0 Å². The van der Waals surface area contributed by atoms with Crippen molar-refractivity contribution in [3.8, 4) is 0 Å². The second-order valence-electron chi connectivity index (χ2n) is 9.72. The molecular weight excluding hydrogens is 464 g/mol. The Kier molecular flexibility index (Phi) is 14.5. The van der Waals surface area contributed by atoms with Gasteiger partial charge in [0.25, 0.3) is 0 Å². The van der Waals surface area contributed by atoms with Crippen LogP contribution in [0.15, 0.2) is 59.8 Å². The van der Waals surface area contributed by atoms with Crippen LogP contribution in [-0.2, 0) is 9.53 Å². The van der Waals surface area contributed by atoms with Crippen molar-refractivity contribution in [1.82, 2.24) is 0 Å². The molecule has 0 aromatic rings. The van der Waals surface area contributed by atoms with E-state index in [1.54, 1.807) is 12.2 Å². The fourth-order valence-corrected chi connectivity index (χ4v) is 4.56. The number of hydrogen-bond donors (Lipinski definition) is 5. The van der Waals surface area contributed by atoms with E-state index in [9.17, 15) is 20.1 Å². The van der Waals surface area contributed by atoms with Crippen LogP contribution in [0.4, 0.5) is 0 Å². The molecule has 1 heterocycles. The lowest BCUT2D eigenvalue weighted by atomic mass is 9.88. The first kappa shape index (κ1) is 31.4. The van der Waals surface area contributed by atoms with Gasteiger partial charge in [-0.2, -0.15) is 12.6 Å². The topological polar surface area (TPSA) is 107 Å². The number of allylic oxidation sites excluding steroid dienone is 7. The van der Waals surface area contributed by atoms with Crippen molar-refractivity contribution in [2.45, 2.75) is 96.1 Å². The van der Waals surface area contributed by atoms with E-state index in [1.165, 1.54) is 0 Å². The van der Waals surface area contributed by atoms with Crippen LogP contribution < -0.4 is 0 Å². The fourth-order valence-electron chi connectivity index (χ4n) is 4.19. The van der Waals surface area contributed by atoms with Gasteiger partial charge in [0.05, 0.1) is 36.9 Å². The molecule has 35 heavy (non-hydrogen) atoms. The fraction of sp³-hybridized carbons (Fsp3) is 0.607. The molecule has 0 aromatic heterocycles. The molecule has 1 aliphatic heterocycles. The Morgan fingerprint density at radius 2 is 1.89 bits per heavy atom. The van der Waals surface area contributed by atoms with Crippen molar-refractivity contribution in [3.63, 3.8) is 0 Å². The number of aliphatic hydroxyl groups excluding tert-OH is 3. The summed E-state index contributed by atoms with van der Waals surface area (Å²) in [5.74, 6) is -0.655. The van der Waals surface area contributed by atoms with Gasteiger partial charge in [0.15, 0.2) is 0 Å². The summed E-state index contributed by atoms with van der Waals surface area (Å²) in [6.07, 6.45) is 13.7. The maximum Gasteiger partial charge on any atom is 0.304 e. The van der Waals surface area contributed by atoms with E-state index in [1.807, 2.05) is 58.1 Å². The number of ether oxygens (including phenoxy) is 1. The third-order valence-corrected chi connectivity index (χ3v) is 6.47. The highest BCUT2D eigenvalue weighted by atomic mass is 32.1. The van der Waals surface area contributed by atoms with E-state index in [4.69, 9.17) is 9.84 Å². The first-order chi connectivity index (χ1) is 16.4. The molecule has 4 N–H and O–H groups in total. The van der Waals surface area contributed by atoms with Gasteiger partial charge in [-0.25, -0.2) is 0 Å². The van der Waals surface area contributed by atoms with E-state index >= 15 is 0 Å². The Hall–Kier alpha value is -1.64. The smallest absolute Gasteiger partial charge is 0.304 e. The van der Waals surface area contributed by atoms with Crippen LogP contribution in [0.5, 0.6) is 0 Å². The number of aliphatic carboxylic acids is 1. The van der Waals surface area contributed by atoms with E-state index in [-0.39, 0.29) is 36.0 Å². The molecule has 8 atom stereocenters. The number of aliphatic hydroxyl groups is 3. The largest absolute Gasteiger partial charge is 0.481 e. The molecule has 0 aliphatic carbocycles. The van der Waals surface area contributed by atoms with Gasteiger partial charge in [-0.3, -0.25) is 4.79 Å². The van der Waals surface area contributed by atoms with Crippen LogP contribution in [-0.4, -0.2) is 62.2 Å². The van der Waals surface area contributed by atoms with Gasteiger partial charge >= 0.3 is 5.97 Å². The summed E-state index contributed by atoms with van der Waals surface area (Å²) >= 11 is 4.20. The molecule has 0 aromatic carbocycles. The summed E-state index contributed by atoms with van der Waals surface area (Å²) in [6.45, 7) is 9.98. The van der Waals surface area contributed by atoms with E-state index in [0.29, 0.717) is 6.42 Å². The molecule has 7 heteroatoms. The van der Waals surface area contributed by atoms with Crippen molar-refractivity contribution in [3.05, 3.63) is 59.8 Å². The average Bonchev–Trinajstić information content (AvgIpc) is 2.74. The van der Waals surface area contributed by atoms with Gasteiger partial charge < -0.3 is 25.2 Å². The van der Waals surface area contributed by atoms with Gasteiger partial charge in [-0.1, -0.05) is 73.6 Å². The molecule has 0 radical (unpaired) electrons. The van der Waals surface area contributed by atoms with Crippen molar-refractivity contribution < 1.29 is 30.0 Å². The number of rotatable bonds is 13. The number of carboxylic acid groups (broad SMARTS) is 1. The third kappa shape index (κ3) is 12.8. The molecule has 0 bridgehead atoms. The minimum Gasteiger partial charge on any atom is -0.481 e. The second-order valence-corrected chi connectivity index (χ2v) is 10.5. The average molecular weight is 509 g/mol. The number of thiol groups is 1. The molecule has 0 amide bonds. The van der Waals surface area contributed by atoms with Crippen molar-refractivity contribution in [2.24, 2.45) is 11.8 Å². The highest BCUT2D eigenvalue weighted by molar-refractivity contribution is 7.81. The second kappa shape index (κ2) is 16.2. The standard InChI is InChI=1S/C28H44O6S/c1-6-8-26-21(5)25(31)17-27(34-26)24(30)10-7-9-18(2)13-20(4)14-19(3)11-12-22(29)15-23(35)16-28(32)33/h6-12,14,20-27,29-31,35H,13,15-17H2,1-5H3,(H,32,33)/b8-6+,10-7+,12-11+,18-9+,19-14-/t20-,21+,22+,23+,24-,25-,26+,27-/m1/s1. The van der Waals surface area contributed by atoms with Gasteiger partial charge in [0.2, 0.25) is 0 Å².